The van der Waals surface area contributed by atoms with E-state index in [0.717, 1.165) is 16.0 Å². The van der Waals surface area contributed by atoms with Crippen molar-refractivity contribution in [1.82, 2.24) is 0 Å². The van der Waals surface area contributed by atoms with Crippen LogP contribution in [0.2, 0.25) is 0 Å². The molecule has 0 fully saturated rings. The smallest absolute Gasteiger partial charge is 0.0883 e. The summed E-state index contributed by atoms with van der Waals surface area (Å²) in [5.74, 6) is 0.610. The first-order valence-electron chi connectivity index (χ1n) is 5.85. The number of hydrogen-bond donors (Lipinski definition) is 2. The molecule has 2 aromatic rings. The lowest BCUT2D eigenvalue weighted by Gasteiger charge is -2.10. The highest BCUT2D eigenvalue weighted by Crippen LogP contribution is 2.25. The third-order valence-corrected chi connectivity index (χ3v) is 3.74. The van der Waals surface area contributed by atoms with E-state index in [1.54, 1.807) is 11.8 Å². The second kappa shape index (κ2) is 6.59. The molecule has 0 saturated heterocycles. The molecule has 0 amide bonds. The molecule has 2 nitrogen and oxygen atoms in total. The first-order valence-corrected chi connectivity index (χ1v) is 6.84. The molecule has 1 unspecified atom stereocenters. The molecule has 2 rings (SSSR count). The van der Waals surface area contributed by atoms with E-state index >= 15 is 0 Å². The van der Waals surface area contributed by atoms with E-state index < -0.39 is 6.10 Å². The zero-order valence-electron chi connectivity index (χ0n) is 9.99. The van der Waals surface area contributed by atoms with Crippen LogP contribution in [0.15, 0.2) is 59.5 Å². The Bertz CT molecular complexity index is 485. The van der Waals surface area contributed by atoms with Crippen LogP contribution in [-0.4, -0.2) is 16.0 Å². The fourth-order valence-electron chi connectivity index (χ4n) is 1.68. The van der Waals surface area contributed by atoms with Crippen LogP contribution < -0.4 is 0 Å². The van der Waals surface area contributed by atoms with Gasteiger partial charge in [-0.05, 0) is 23.3 Å². The van der Waals surface area contributed by atoms with Gasteiger partial charge in [-0.25, -0.2) is 0 Å². The van der Waals surface area contributed by atoms with Gasteiger partial charge in [0.15, 0.2) is 0 Å². The highest BCUT2D eigenvalue weighted by molar-refractivity contribution is 7.99. The van der Waals surface area contributed by atoms with Gasteiger partial charge in [0.1, 0.15) is 0 Å². The van der Waals surface area contributed by atoms with Crippen LogP contribution >= 0.6 is 11.8 Å². The molecule has 0 heterocycles. The average Bonchev–Trinajstić information content (AvgIpc) is 2.46. The van der Waals surface area contributed by atoms with Crippen LogP contribution in [0.3, 0.4) is 0 Å². The summed E-state index contributed by atoms with van der Waals surface area (Å²) in [6.45, 7) is 0.0512. The van der Waals surface area contributed by atoms with Crippen molar-refractivity contribution >= 4 is 11.8 Å². The summed E-state index contributed by atoms with van der Waals surface area (Å²) in [7, 11) is 0. The van der Waals surface area contributed by atoms with E-state index in [-0.39, 0.29) is 6.61 Å². The van der Waals surface area contributed by atoms with Crippen molar-refractivity contribution in [3.05, 3.63) is 65.7 Å². The Morgan fingerprint density at radius 1 is 1.00 bits per heavy atom. The van der Waals surface area contributed by atoms with Crippen LogP contribution in [0.1, 0.15) is 17.2 Å². The van der Waals surface area contributed by atoms with Gasteiger partial charge in [-0.15, -0.1) is 11.8 Å². The fraction of sp³-hybridized carbons (Fsp3) is 0.200. The third kappa shape index (κ3) is 3.60. The summed E-state index contributed by atoms with van der Waals surface area (Å²) in [5, 5.41) is 19.1. The van der Waals surface area contributed by atoms with Crippen LogP contribution in [0.5, 0.6) is 0 Å². The largest absolute Gasteiger partial charge is 0.392 e. The number of aliphatic hydroxyl groups is 2. The van der Waals surface area contributed by atoms with Crippen LogP contribution in [0.25, 0.3) is 0 Å². The van der Waals surface area contributed by atoms with E-state index in [2.05, 4.69) is 0 Å². The molecule has 1 atom stereocenters. The normalized spacial score (nSPS) is 12.3. The molecule has 0 aliphatic heterocycles. The molecule has 0 saturated carbocycles. The third-order valence-electron chi connectivity index (χ3n) is 2.67. The van der Waals surface area contributed by atoms with Gasteiger partial charge in [-0.2, -0.15) is 0 Å². The van der Waals surface area contributed by atoms with Crippen molar-refractivity contribution in [3.8, 4) is 0 Å². The van der Waals surface area contributed by atoms with Crippen LogP contribution in [-0.2, 0) is 6.61 Å². The molecule has 2 N–H and O–H groups in total. The number of hydrogen-bond acceptors (Lipinski definition) is 3. The zero-order chi connectivity index (χ0) is 12.8. The van der Waals surface area contributed by atoms with Gasteiger partial charge in [-0.3, -0.25) is 0 Å². The van der Waals surface area contributed by atoms with Crippen molar-refractivity contribution < 1.29 is 10.2 Å². The van der Waals surface area contributed by atoms with Gasteiger partial charge in [0.05, 0.1) is 12.7 Å². The lowest BCUT2D eigenvalue weighted by molar-refractivity contribution is 0.204. The van der Waals surface area contributed by atoms with Crippen molar-refractivity contribution in [2.45, 2.75) is 17.6 Å². The fourth-order valence-corrected chi connectivity index (χ4v) is 2.63. The predicted molar refractivity (Wildman–Crippen MR) is 74.5 cm³/mol. The van der Waals surface area contributed by atoms with Crippen molar-refractivity contribution in [3.63, 3.8) is 0 Å². The van der Waals surface area contributed by atoms with Crippen molar-refractivity contribution in [1.29, 1.82) is 0 Å². The average molecular weight is 260 g/mol. The number of thioether (sulfide) groups is 1. The van der Waals surface area contributed by atoms with E-state index in [4.69, 9.17) is 5.11 Å². The number of rotatable bonds is 5. The molecule has 0 bridgehead atoms. The van der Waals surface area contributed by atoms with Gasteiger partial charge in [0, 0.05) is 10.6 Å². The highest BCUT2D eigenvalue weighted by Gasteiger charge is 2.07. The second-order valence-electron chi connectivity index (χ2n) is 4.04. The Kier molecular flexibility index (Phi) is 4.81. The molecule has 0 radical (unpaired) electrons. The predicted octanol–water partition coefficient (Wildman–Crippen LogP) is 3.00. The van der Waals surface area contributed by atoms with E-state index in [9.17, 15) is 5.11 Å². The first kappa shape index (κ1) is 13.1. The maximum Gasteiger partial charge on any atom is 0.0883 e. The summed E-state index contributed by atoms with van der Waals surface area (Å²) in [6.07, 6.45) is -0.464. The minimum absolute atomic E-state index is 0.0512. The maximum atomic E-state index is 10.0. The molecular weight excluding hydrogens is 244 g/mol. The molecular formula is C15H16O2S. The molecule has 0 aliphatic carbocycles. The minimum atomic E-state index is -0.464. The Balaban J connectivity index is 1.95. The monoisotopic (exact) mass is 260 g/mol. The van der Waals surface area contributed by atoms with Gasteiger partial charge < -0.3 is 10.2 Å². The minimum Gasteiger partial charge on any atom is -0.392 e. The van der Waals surface area contributed by atoms with Gasteiger partial charge in [0.2, 0.25) is 0 Å². The Hall–Kier alpha value is -1.29. The molecule has 18 heavy (non-hydrogen) atoms. The summed E-state index contributed by atoms with van der Waals surface area (Å²) in [4.78, 5) is 1.07. The van der Waals surface area contributed by atoms with Gasteiger partial charge >= 0.3 is 0 Å². The topological polar surface area (TPSA) is 40.5 Å². The standard InChI is InChI=1S/C15H16O2S/c16-10-12-5-4-8-14(9-12)18-11-15(17)13-6-2-1-3-7-13/h1-9,15-17H,10-11H2. The van der Waals surface area contributed by atoms with Crippen molar-refractivity contribution in [2.75, 3.05) is 5.75 Å². The number of aliphatic hydroxyl groups excluding tert-OH is 2. The summed E-state index contributed by atoms with van der Waals surface area (Å²) in [6, 6.07) is 17.4. The van der Waals surface area contributed by atoms with Crippen LogP contribution in [0.4, 0.5) is 0 Å². The van der Waals surface area contributed by atoms with E-state index in [0.29, 0.717) is 5.75 Å². The maximum absolute atomic E-state index is 10.0. The van der Waals surface area contributed by atoms with Gasteiger partial charge in [0.25, 0.3) is 0 Å². The Labute approximate surface area is 111 Å². The molecule has 94 valence electrons. The van der Waals surface area contributed by atoms with E-state index in [1.165, 1.54) is 0 Å². The zero-order valence-corrected chi connectivity index (χ0v) is 10.8. The summed E-state index contributed by atoms with van der Waals surface area (Å²) in [5.41, 5.74) is 1.83. The molecule has 2 aromatic carbocycles. The Morgan fingerprint density at radius 2 is 1.78 bits per heavy atom. The Morgan fingerprint density at radius 3 is 2.50 bits per heavy atom. The SMILES string of the molecule is OCc1cccc(SCC(O)c2ccccc2)c1. The first-order chi connectivity index (χ1) is 8.79. The molecule has 0 aromatic heterocycles. The van der Waals surface area contributed by atoms with Crippen molar-refractivity contribution in [2.24, 2.45) is 0 Å². The molecule has 0 spiro atoms. The summed E-state index contributed by atoms with van der Waals surface area (Å²) >= 11 is 1.59. The van der Waals surface area contributed by atoms with Crippen LogP contribution in [0, 0.1) is 0 Å². The molecule has 0 aliphatic rings. The summed E-state index contributed by atoms with van der Waals surface area (Å²) < 4.78 is 0. The second-order valence-corrected chi connectivity index (χ2v) is 5.14. The lowest BCUT2D eigenvalue weighted by atomic mass is 10.1. The lowest BCUT2D eigenvalue weighted by Crippen LogP contribution is -2.00. The highest BCUT2D eigenvalue weighted by atomic mass is 32.2. The quantitative estimate of drug-likeness (QED) is 0.812. The van der Waals surface area contributed by atoms with Gasteiger partial charge in [-0.1, -0.05) is 42.5 Å². The molecule has 3 heteroatoms. The van der Waals surface area contributed by atoms with E-state index in [1.807, 2.05) is 54.6 Å². The number of benzene rings is 2.